The summed E-state index contributed by atoms with van der Waals surface area (Å²) in [5.74, 6) is -1.01. The Kier molecular flexibility index (Phi) is 7.95. The zero-order valence-electron chi connectivity index (χ0n) is 22.3. The summed E-state index contributed by atoms with van der Waals surface area (Å²) in [6.07, 6.45) is 0.0909. The number of fused-ring (bicyclic) bond motifs is 1. The molecular formula is C33H31F4NO2. The molecule has 0 spiro atoms. The molecule has 1 N–H and O–H groups in total. The first-order chi connectivity index (χ1) is 19.2. The van der Waals surface area contributed by atoms with E-state index in [0.717, 1.165) is 59.1 Å². The second-order valence-electron chi connectivity index (χ2n) is 10.5. The van der Waals surface area contributed by atoms with Gasteiger partial charge in [-0.05, 0) is 101 Å². The molecule has 1 aliphatic heterocycles. The number of carboxylic acid groups (broad SMARTS) is 1. The van der Waals surface area contributed by atoms with Crippen molar-refractivity contribution in [3.05, 3.63) is 111 Å². The molecule has 0 amide bonds. The smallest absolute Gasteiger partial charge is 0.416 e. The topological polar surface area (TPSA) is 40.5 Å². The van der Waals surface area contributed by atoms with E-state index >= 15 is 0 Å². The van der Waals surface area contributed by atoms with Crippen LogP contribution in [0.5, 0.6) is 0 Å². The van der Waals surface area contributed by atoms with E-state index in [9.17, 15) is 27.5 Å². The normalized spacial score (nSPS) is 15.9. The molecule has 1 fully saturated rings. The molecule has 7 heteroatoms. The van der Waals surface area contributed by atoms with Crippen molar-refractivity contribution in [1.29, 1.82) is 0 Å². The highest BCUT2D eigenvalue weighted by molar-refractivity contribution is 6.01. The van der Waals surface area contributed by atoms with Gasteiger partial charge in [0.15, 0.2) is 0 Å². The fourth-order valence-electron chi connectivity index (χ4n) is 5.83. The van der Waals surface area contributed by atoms with Gasteiger partial charge in [-0.2, -0.15) is 13.2 Å². The second kappa shape index (κ2) is 11.4. The van der Waals surface area contributed by atoms with Crippen LogP contribution in [0.3, 0.4) is 0 Å². The maximum absolute atomic E-state index is 13.8. The van der Waals surface area contributed by atoms with Crippen LogP contribution in [0.4, 0.5) is 17.6 Å². The SMILES string of the molecule is Cc1c(C2=C(c3ccc(C=C4CN(CCCF)C4)cc3)c3ccc(C(=O)O)cc3CCC2)cccc1C(F)(F)F. The molecule has 3 aromatic carbocycles. The van der Waals surface area contributed by atoms with Crippen LogP contribution in [0.15, 0.2) is 66.2 Å². The van der Waals surface area contributed by atoms with Gasteiger partial charge in [0.2, 0.25) is 0 Å². The van der Waals surface area contributed by atoms with Gasteiger partial charge in [-0.1, -0.05) is 48.5 Å². The first-order valence-corrected chi connectivity index (χ1v) is 13.5. The quantitative estimate of drug-likeness (QED) is 0.303. The molecule has 2 aliphatic rings. The van der Waals surface area contributed by atoms with Crippen molar-refractivity contribution in [1.82, 2.24) is 4.90 Å². The number of nitrogens with zero attached hydrogens (tertiary/aromatic N) is 1. The van der Waals surface area contributed by atoms with E-state index in [1.807, 2.05) is 24.3 Å². The molecule has 1 aliphatic carbocycles. The van der Waals surface area contributed by atoms with Gasteiger partial charge in [-0.3, -0.25) is 9.29 Å². The molecule has 0 saturated carbocycles. The minimum Gasteiger partial charge on any atom is -0.478 e. The van der Waals surface area contributed by atoms with Crippen LogP contribution in [0, 0.1) is 6.92 Å². The van der Waals surface area contributed by atoms with E-state index in [1.54, 1.807) is 24.3 Å². The van der Waals surface area contributed by atoms with Gasteiger partial charge >= 0.3 is 12.1 Å². The Morgan fingerprint density at radius 1 is 1.00 bits per heavy atom. The van der Waals surface area contributed by atoms with E-state index in [2.05, 4.69) is 11.0 Å². The van der Waals surface area contributed by atoms with Crippen LogP contribution in [-0.4, -0.2) is 42.3 Å². The summed E-state index contributed by atoms with van der Waals surface area (Å²) >= 11 is 0. The fourth-order valence-corrected chi connectivity index (χ4v) is 5.83. The lowest BCUT2D eigenvalue weighted by molar-refractivity contribution is -0.138. The standard InChI is InChI=1S/C33H31F4NO2/c1-21-27(6-3-8-30(21)33(35,36)37)29-7-2-5-25-18-26(32(39)40)13-14-28(25)31(29)24-11-9-22(10-12-24)17-23-19-38(20-23)16-4-15-34/h3,6,8-14,17-18H,2,4-5,7,15-16,19-20H2,1H3,(H,39,40). The number of aromatic carboxylic acids is 1. The number of carbonyl (C=O) groups is 1. The summed E-state index contributed by atoms with van der Waals surface area (Å²) in [5, 5.41) is 9.56. The predicted octanol–water partition coefficient (Wildman–Crippen LogP) is 8.07. The average molecular weight is 550 g/mol. The number of alkyl halides is 4. The first-order valence-electron chi connectivity index (χ1n) is 13.5. The number of likely N-dealkylation sites (tertiary alicyclic amines) is 1. The molecule has 3 nitrogen and oxygen atoms in total. The van der Waals surface area contributed by atoms with Crippen LogP contribution in [-0.2, 0) is 12.6 Å². The molecule has 0 bridgehead atoms. The van der Waals surface area contributed by atoms with Gasteiger partial charge in [0.05, 0.1) is 17.8 Å². The van der Waals surface area contributed by atoms with Gasteiger partial charge in [-0.25, -0.2) is 4.79 Å². The Hall–Kier alpha value is -3.71. The van der Waals surface area contributed by atoms with E-state index in [4.69, 9.17) is 0 Å². The van der Waals surface area contributed by atoms with E-state index in [1.165, 1.54) is 18.6 Å². The number of benzene rings is 3. The van der Waals surface area contributed by atoms with Crippen molar-refractivity contribution >= 4 is 23.2 Å². The summed E-state index contributed by atoms with van der Waals surface area (Å²) in [4.78, 5) is 13.9. The Labute approximate surface area is 231 Å². The number of halogens is 4. The van der Waals surface area contributed by atoms with Gasteiger partial charge < -0.3 is 5.11 Å². The third-order valence-electron chi connectivity index (χ3n) is 7.79. The van der Waals surface area contributed by atoms with Gasteiger partial charge in [0.25, 0.3) is 0 Å². The highest BCUT2D eigenvalue weighted by atomic mass is 19.4. The van der Waals surface area contributed by atoms with Crippen LogP contribution in [0.1, 0.15) is 68.6 Å². The first kappa shape index (κ1) is 27.8. The fraction of sp³-hybridized carbons (Fsp3) is 0.303. The lowest BCUT2D eigenvalue weighted by Gasteiger charge is -2.33. The summed E-state index contributed by atoms with van der Waals surface area (Å²) in [5.41, 5.74) is 6.87. The minimum atomic E-state index is -4.46. The number of carboxylic acids is 1. The summed E-state index contributed by atoms with van der Waals surface area (Å²) < 4.78 is 53.9. The van der Waals surface area contributed by atoms with Crippen molar-refractivity contribution < 1.29 is 27.5 Å². The highest BCUT2D eigenvalue weighted by Crippen LogP contribution is 2.43. The maximum Gasteiger partial charge on any atom is 0.416 e. The molecule has 208 valence electrons. The largest absolute Gasteiger partial charge is 0.478 e. The molecule has 0 radical (unpaired) electrons. The molecule has 0 unspecified atom stereocenters. The van der Waals surface area contributed by atoms with Gasteiger partial charge in [0.1, 0.15) is 0 Å². The van der Waals surface area contributed by atoms with Crippen LogP contribution < -0.4 is 0 Å². The zero-order valence-corrected chi connectivity index (χ0v) is 22.3. The van der Waals surface area contributed by atoms with Crippen molar-refractivity contribution in [2.24, 2.45) is 0 Å². The zero-order chi connectivity index (χ0) is 28.4. The third-order valence-corrected chi connectivity index (χ3v) is 7.79. The number of hydrogen-bond acceptors (Lipinski definition) is 2. The van der Waals surface area contributed by atoms with E-state index in [0.29, 0.717) is 31.2 Å². The van der Waals surface area contributed by atoms with Gasteiger partial charge in [0, 0.05) is 19.6 Å². The van der Waals surface area contributed by atoms with Crippen molar-refractivity contribution in [2.75, 3.05) is 26.3 Å². The number of rotatable bonds is 7. The lowest BCUT2D eigenvalue weighted by Crippen LogP contribution is -2.40. The monoisotopic (exact) mass is 549 g/mol. The van der Waals surface area contributed by atoms with E-state index in [-0.39, 0.29) is 17.8 Å². The lowest BCUT2D eigenvalue weighted by atomic mass is 9.85. The van der Waals surface area contributed by atoms with Crippen molar-refractivity contribution in [3.63, 3.8) is 0 Å². The number of hydrogen-bond donors (Lipinski definition) is 1. The van der Waals surface area contributed by atoms with Crippen molar-refractivity contribution in [2.45, 2.75) is 38.8 Å². The Morgan fingerprint density at radius 2 is 1.75 bits per heavy atom. The third kappa shape index (κ3) is 5.75. The molecule has 5 rings (SSSR count). The number of aryl methyl sites for hydroxylation is 1. The van der Waals surface area contributed by atoms with E-state index < -0.39 is 17.7 Å². The second-order valence-corrected chi connectivity index (χ2v) is 10.5. The summed E-state index contributed by atoms with van der Waals surface area (Å²) in [7, 11) is 0. The maximum atomic E-state index is 13.8. The number of allylic oxidation sites excluding steroid dienone is 1. The molecule has 40 heavy (non-hydrogen) atoms. The Bertz CT molecular complexity index is 1480. The molecular weight excluding hydrogens is 518 g/mol. The molecule has 1 heterocycles. The van der Waals surface area contributed by atoms with Crippen molar-refractivity contribution in [3.8, 4) is 0 Å². The van der Waals surface area contributed by atoms with Gasteiger partial charge in [-0.15, -0.1) is 0 Å². The van der Waals surface area contributed by atoms with Crippen LogP contribution >= 0.6 is 0 Å². The highest BCUT2D eigenvalue weighted by Gasteiger charge is 2.34. The molecule has 0 atom stereocenters. The van der Waals surface area contributed by atoms with Crippen LogP contribution in [0.25, 0.3) is 17.2 Å². The Balaban J connectivity index is 1.60. The molecule has 0 aromatic heterocycles. The van der Waals surface area contributed by atoms with Crippen LogP contribution in [0.2, 0.25) is 0 Å². The minimum absolute atomic E-state index is 0.191. The average Bonchev–Trinajstić information content (AvgIpc) is 3.08. The summed E-state index contributed by atoms with van der Waals surface area (Å²) in [6.45, 7) is 3.61. The predicted molar refractivity (Wildman–Crippen MR) is 150 cm³/mol. The molecule has 1 saturated heterocycles. The Morgan fingerprint density at radius 3 is 2.42 bits per heavy atom. The summed E-state index contributed by atoms with van der Waals surface area (Å²) in [6, 6.07) is 17.4. The molecule has 3 aromatic rings.